The number of anilines is 1. The quantitative estimate of drug-likeness (QED) is 0.694. The van der Waals surface area contributed by atoms with Crippen molar-refractivity contribution >= 4 is 23.0 Å². The molecule has 104 valence electrons. The number of hydrogen-bond donors (Lipinski definition) is 1. The Kier molecular flexibility index (Phi) is 3.28. The SMILES string of the molecule is COc1ccccc1C(=O)/C=C1\C(=O)Nc2ccccc21. The first kappa shape index (κ1) is 13.1. The van der Waals surface area contributed by atoms with Crippen LogP contribution >= 0.6 is 0 Å². The predicted octanol–water partition coefficient (Wildman–Crippen LogP) is 2.91. The average molecular weight is 279 g/mol. The summed E-state index contributed by atoms with van der Waals surface area (Å²) in [5.74, 6) is -0.0280. The molecule has 1 N–H and O–H groups in total. The molecule has 4 nitrogen and oxygen atoms in total. The molecule has 1 aliphatic heterocycles. The van der Waals surface area contributed by atoms with Gasteiger partial charge in [0.15, 0.2) is 5.78 Å². The Bertz CT molecular complexity index is 762. The van der Waals surface area contributed by atoms with Gasteiger partial charge in [0.2, 0.25) is 0 Å². The highest BCUT2D eigenvalue weighted by molar-refractivity contribution is 6.35. The zero-order valence-corrected chi connectivity index (χ0v) is 11.4. The van der Waals surface area contributed by atoms with Gasteiger partial charge in [0, 0.05) is 11.3 Å². The summed E-state index contributed by atoms with van der Waals surface area (Å²) >= 11 is 0. The number of amides is 1. The van der Waals surface area contributed by atoms with E-state index < -0.39 is 0 Å². The lowest BCUT2D eigenvalue weighted by Crippen LogP contribution is -2.06. The topological polar surface area (TPSA) is 55.4 Å². The molecule has 2 aromatic rings. The number of fused-ring (bicyclic) bond motifs is 1. The number of methoxy groups -OCH3 is 1. The Morgan fingerprint density at radius 2 is 1.81 bits per heavy atom. The van der Waals surface area contributed by atoms with Gasteiger partial charge < -0.3 is 10.1 Å². The third-order valence-corrected chi connectivity index (χ3v) is 3.36. The van der Waals surface area contributed by atoms with Gasteiger partial charge >= 0.3 is 0 Å². The van der Waals surface area contributed by atoms with Crippen molar-refractivity contribution < 1.29 is 14.3 Å². The molecule has 0 saturated carbocycles. The summed E-state index contributed by atoms with van der Waals surface area (Å²) in [5, 5.41) is 2.74. The van der Waals surface area contributed by atoms with E-state index in [2.05, 4.69) is 5.32 Å². The molecule has 1 amide bonds. The maximum absolute atomic E-state index is 12.4. The van der Waals surface area contributed by atoms with Crippen LogP contribution in [0.2, 0.25) is 0 Å². The fourth-order valence-electron chi connectivity index (χ4n) is 2.34. The molecule has 1 heterocycles. The minimum Gasteiger partial charge on any atom is -0.496 e. The monoisotopic (exact) mass is 279 g/mol. The maximum Gasteiger partial charge on any atom is 0.256 e. The summed E-state index contributed by atoms with van der Waals surface area (Å²) in [7, 11) is 1.51. The van der Waals surface area contributed by atoms with Gasteiger partial charge in [0.1, 0.15) is 5.75 Å². The van der Waals surface area contributed by atoms with Crippen LogP contribution in [-0.4, -0.2) is 18.8 Å². The molecule has 0 fully saturated rings. The van der Waals surface area contributed by atoms with Crippen LogP contribution in [0.1, 0.15) is 15.9 Å². The Labute approximate surface area is 122 Å². The average Bonchev–Trinajstić information content (AvgIpc) is 2.83. The van der Waals surface area contributed by atoms with Crippen LogP contribution in [0.4, 0.5) is 5.69 Å². The van der Waals surface area contributed by atoms with E-state index in [0.29, 0.717) is 16.9 Å². The van der Waals surface area contributed by atoms with Gasteiger partial charge in [0.25, 0.3) is 5.91 Å². The molecule has 0 saturated heterocycles. The van der Waals surface area contributed by atoms with E-state index in [1.807, 2.05) is 24.3 Å². The summed E-state index contributed by atoms with van der Waals surface area (Å²) in [4.78, 5) is 24.4. The second-order valence-electron chi connectivity index (χ2n) is 4.62. The normalized spacial score (nSPS) is 14.7. The lowest BCUT2D eigenvalue weighted by molar-refractivity contribution is -0.110. The standard InChI is InChI=1S/C17H13NO3/c1-21-16-9-5-3-7-12(16)15(19)10-13-11-6-2-4-8-14(11)18-17(13)20/h2-10H,1H3,(H,18,20)/b13-10-. The first-order valence-corrected chi connectivity index (χ1v) is 6.50. The van der Waals surface area contributed by atoms with E-state index >= 15 is 0 Å². The summed E-state index contributed by atoms with van der Waals surface area (Å²) in [6.45, 7) is 0. The molecule has 0 radical (unpaired) electrons. The number of benzene rings is 2. The number of carbonyl (C=O) groups excluding carboxylic acids is 2. The molecular formula is C17H13NO3. The number of ether oxygens (including phenoxy) is 1. The fraction of sp³-hybridized carbons (Fsp3) is 0.0588. The van der Waals surface area contributed by atoms with Crippen molar-refractivity contribution in [3.63, 3.8) is 0 Å². The Hall–Kier alpha value is -2.88. The zero-order chi connectivity index (χ0) is 14.8. The molecule has 2 aromatic carbocycles. The highest BCUT2D eigenvalue weighted by Gasteiger charge is 2.24. The van der Waals surface area contributed by atoms with Crippen molar-refractivity contribution in [3.8, 4) is 5.75 Å². The first-order chi connectivity index (χ1) is 10.2. The Balaban J connectivity index is 2.02. The summed E-state index contributed by atoms with van der Waals surface area (Å²) in [6, 6.07) is 14.2. The summed E-state index contributed by atoms with van der Waals surface area (Å²) in [5.41, 5.74) is 2.28. The number of rotatable bonds is 3. The van der Waals surface area contributed by atoms with E-state index in [0.717, 1.165) is 11.3 Å². The number of allylic oxidation sites excluding steroid dienone is 1. The van der Waals surface area contributed by atoms with Crippen LogP contribution in [0.25, 0.3) is 5.57 Å². The van der Waals surface area contributed by atoms with Crippen LogP contribution in [0, 0.1) is 0 Å². The van der Waals surface area contributed by atoms with E-state index in [-0.39, 0.29) is 11.7 Å². The van der Waals surface area contributed by atoms with Crippen LogP contribution < -0.4 is 10.1 Å². The van der Waals surface area contributed by atoms with Gasteiger partial charge in [-0.15, -0.1) is 0 Å². The molecule has 3 rings (SSSR count). The smallest absolute Gasteiger partial charge is 0.256 e. The highest BCUT2D eigenvalue weighted by Crippen LogP contribution is 2.32. The molecular weight excluding hydrogens is 266 g/mol. The molecule has 0 spiro atoms. The van der Waals surface area contributed by atoms with Crippen molar-refractivity contribution in [2.24, 2.45) is 0 Å². The van der Waals surface area contributed by atoms with E-state index in [4.69, 9.17) is 4.74 Å². The van der Waals surface area contributed by atoms with Crippen molar-refractivity contribution in [3.05, 3.63) is 65.7 Å². The summed E-state index contributed by atoms with van der Waals surface area (Å²) < 4.78 is 5.18. The van der Waals surface area contributed by atoms with E-state index in [1.54, 1.807) is 24.3 Å². The highest BCUT2D eigenvalue weighted by atomic mass is 16.5. The van der Waals surface area contributed by atoms with Gasteiger partial charge in [-0.1, -0.05) is 30.3 Å². The molecule has 0 aromatic heterocycles. The second kappa shape index (κ2) is 5.25. The van der Waals surface area contributed by atoms with Crippen LogP contribution in [0.3, 0.4) is 0 Å². The number of nitrogens with one attached hydrogen (secondary N) is 1. The van der Waals surface area contributed by atoms with Crippen LogP contribution in [-0.2, 0) is 4.79 Å². The molecule has 0 unspecified atom stereocenters. The van der Waals surface area contributed by atoms with Crippen molar-refractivity contribution in [1.82, 2.24) is 0 Å². The van der Waals surface area contributed by atoms with Crippen LogP contribution in [0.5, 0.6) is 5.75 Å². The zero-order valence-electron chi connectivity index (χ0n) is 11.4. The van der Waals surface area contributed by atoms with Crippen LogP contribution in [0.15, 0.2) is 54.6 Å². The lowest BCUT2D eigenvalue weighted by atomic mass is 10.0. The second-order valence-corrected chi connectivity index (χ2v) is 4.62. The maximum atomic E-state index is 12.4. The Morgan fingerprint density at radius 3 is 2.62 bits per heavy atom. The van der Waals surface area contributed by atoms with Crippen molar-refractivity contribution in [2.75, 3.05) is 12.4 Å². The molecule has 0 bridgehead atoms. The third kappa shape index (κ3) is 2.31. The largest absolute Gasteiger partial charge is 0.496 e. The molecule has 21 heavy (non-hydrogen) atoms. The van der Waals surface area contributed by atoms with Gasteiger partial charge in [-0.3, -0.25) is 9.59 Å². The minimum atomic E-state index is -0.264. The van der Waals surface area contributed by atoms with E-state index in [1.165, 1.54) is 13.2 Å². The minimum absolute atomic E-state index is 0.255. The third-order valence-electron chi connectivity index (χ3n) is 3.36. The number of para-hydroxylation sites is 2. The van der Waals surface area contributed by atoms with Crippen molar-refractivity contribution in [1.29, 1.82) is 0 Å². The lowest BCUT2D eigenvalue weighted by Gasteiger charge is -2.05. The molecule has 4 heteroatoms. The Morgan fingerprint density at radius 1 is 1.10 bits per heavy atom. The number of ketones is 1. The first-order valence-electron chi connectivity index (χ1n) is 6.50. The number of carbonyl (C=O) groups is 2. The van der Waals surface area contributed by atoms with Crippen molar-refractivity contribution in [2.45, 2.75) is 0 Å². The fourth-order valence-corrected chi connectivity index (χ4v) is 2.34. The molecule has 0 atom stereocenters. The molecule has 1 aliphatic rings. The molecule has 0 aliphatic carbocycles. The number of hydrogen-bond acceptors (Lipinski definition) is 3. The summed E-state index contributed by atoms with van der Waals surface area (Å²) in [6.07, 6.45) is 1.36. The van der Waals surface area contributed by atoms with Gasteiger partial charge in [0.05, 0.1) is 18.2 Å². The van der Waals surface area contributed by atoms with Gasteiger partial charge in [-0.2, -0.15) is 0 Å². The predicted molar refractivity (Wildman–Crippen MR) is 80.4 cm³/mol. The van der Waals surface area contributed by atoms with E-state index in [9.17, 15) is 9.59 Å². The van der Waals surface area contributed by atoms with Gasteiger partial charge in [-0.25, -0.2) is 0 Å². The van der Waals surface area contributed by atoms with Gasteiger partial charge in [-0.05, 0) is 24.3 Å².